The Balaban J connectivity index is 0.00000200. The van der Waals surface area contributed by atoms with E-state index in [1.165, 1.54) is 0 Å². The minimum Gasteiger partial charge on any atom is -0.466 e. The SMILES string of the molecule is CN=C(NCC(C)(O)c1ccco1)NC1CC1(C)C.I. The second-order valence-electron chi connectivity index (χ2n) is 6.07. The summed E-state index contributed by atoms with van der Waals surface area (Å²) in [5.41, 5.74) is -0.721. The number of aliphatic hydroxyl groups is 1. The van der Waals surface area contributed by atoms with Gasteiger partial charge in [0.15, 0.2) is 5.96 Å². The summed E-state index contributed by atoms with van der Waals surface area (Å²) in [5.74, 6) is 1.25. The van der Waals surface area contributed by atoms with Gasteiger partial charge in [0.2, 0.25) is 0 Å². The first-order chi connectivity index (χ1) is 8.85. The monoisotopic (exact) mass is 393 g/mol. The van der Waals surface area contributed by atoms with Crippen LogP contribution in [0.2, 0.25) is 0 Å². The average molecular weight is 393 g/mol. The summed E-state index contributed by atoms with van der Waals surface area (Å²) in [6.07, 6.45) is 2.70. The Bertz CT molecular complexity index is 455. The van der Waals surface area contributed by atoms with Gasteiger partial charge in [-0.15, -0.1) is 24.0 Å². The first-order valence-electron chi connectivity index (χ1n) is 6.59. The number of rotatable bonds is 4. The zero-order chi connectivity index (χ0) is 14.1. The van der Waals surface area contributed by atoms with Crippen LogP contribution in [0.3, 0.4) is 0 Å². The van der Waals surface area contributed by atoms with Crippen LogP contribution in [0, 0.1) is 5.41 Å². The number of halogens is 1. The second-order valence-corrected chi connectivity index (χ2v) is 6.07. The van der Waals surface area contributed by atoms with Gasteiger partial charge in [0.1, 0.15) is 11.4 Å². The molecule has 0 spiro atoms. The molecule has 2 unspecified atom stereocenters. The molecule has 1 aromatic heterocycles. The Morgan fingerprint density at radius 2 is 2.25 bits per heavy atom. The van der Waals surface area contributed by atoms with Gasteiger partial charge >= 0.3 is 0 Å². The third-order valence-electron chi connectivity index (χ3n) is 3.70. The molecule has 3 N–H and O–H groups in total. The number of hydrogen-bond donors (Lipinski definition) is 3. The fourth-order valence-corrected chi connectivity index (χ4v) is 2.00. The van der Waals surface area contributed by atoms with Gasteiger partial charge < -0.3 is 20.2 Å². The molecule has 0 amide bonds. The number of furan rings is 1. The van der Waals surface area contributed by atoms with Crippen molar-refractivity contribution in [2.24, 2.45) is 10.4 Å². The first kappa shape index (κ1) is 17.3. The van der Waals surface area contributed by atoms with Crippen LogP contribution in [-0.2, 0) is 5.60 Å². The summed E-state index contributed by atoms with van der Waals surface area (Å²) in [5, 5.41) is 16.8. The fraction of sp³-hybridized carbons (Fsp3) is 0.643. The second kappa shape index (κ2) is 6.34. The normalized spacial score (nSPS) is 23.4. The van der Waals surface area contributed by atoms with Crippen LogP contribution >= 0.6 is 24.0 Å². The van der Waals surface area contributed by atoms with Crippen molar-refractivity contribution < 1.29 is 9.52 Å². The van der Waals surface area contributed by atoms with Crippen LogP contribution < -0.4 is 10.6 Å². The van der Waals surface area contributed by atoms with Crippen LogP contribution in [-0.4, -0.2) is 30.7 Å². The summed E-state index contributed by atoms with van der Waals surface area (Å²) in [6, 6.07) is 3.98. The van der Waals surface area contributed by atoms with Gasteiger partial charge in [0.25, 0.3) is 0 Å². The van der Waals surface area contributed by atoms with Crippen molar-refractivity contribution >= 4 is 29.9 Å². The lowest BCUT2D eigenvalue weighted by Crippen LogP contribution is -2.45. The maximum Gasteiger partial charge on any atom is 0.191 e. The quantitative estimate of drug-likeness (QED) is 0.416. The van der Waals surface area contributed by atoms with E-state index in [4.69, 9.17) is 4.42 Å². The van der Waals surface area contributed by atoms with Crippen molar-refractivity contribution in [2.75, 3.05) is 13.6 Å². The molecule has 0 bridgehead atoms. The summed E-state index contributed by atoms with van der Waals surface area (Å²) >= 11 is 0. The number of aliphatic imine (C=N–C) groups is 1. The molecule has 0 aromatic carbocycles. The minimum absolute atomic E-state index is 0. The smallest absolute Gasteiger partial charge is 0.191 e. The van der Waals surface area contributed by atoms with Gasteiger partial charge in [-0.05, 0) is 30.9 Å². The molecule has 1 aromatic rings. The topological polar surface area (TPSA) is 69.8 Å². The van der Waals surface area contributed by atoms with E-state index < -0.39 is 5.60 Å². The molecule has 2 rings (SSSR count). The molecular weight excluding hydrogens is 369 g/mol. The predicted octanol–water partition coefficient (Wildman–Crippen LogP) is 2.07. The van der Waals surface area contributed by atoms with Gasteiger partial charge in [-0.1, -0.05) is 13.8 Å². The van der Waals surface area contributed by atoms with Gasteiger partial charge in [-0.3, -0.25) is 4.99 Å². The van der Waals surface area contributed by atoms with E-state index in [0.29, 0.717) is 29.7 Å². The van der Waals surface area contributed by atoms with Crippen molar-refractivity contribution in [3.05, 3.63) is 24.2 Å². The molecule has 1 saturated carbocycles. The van der Waals surface area contributed by atoms with Crippen LogP contribution in [0.5, 0.6) is 0 Å². The van der Waals surface area contributed by atoms with Crippen molar-refractivity contribution in [3.63, 3.8) is 0 Å². The standard InChI is InChI=1S/C14H23N3O2.HI/c1-13(2)8-10(13)17-12(15-4)16-9-14(3,18)11-6-5-7-19-11;/h5-7,10,18H,8-9H2,1-4H3,(H2,15,16,17);1H. The maximum absolute atomic E-state index is 10.3. The fourth-order valence-electron chi connectivity index (χ4n) is 2.00. The van der Waals surface area contributed by atoms with E-state index in [9.17, 15) is 5.11 Å². The van der Waals surface area contributed by atoms with E-state index in [1.54, 1.807) is 32.4 Å². The molecule has 1 aliphatic rings. The molecule has 6 heteroatoms. The lowest BCUT2D eigenvalue weighted by molar-refractivity contribution is 0.0385. The third-order valence-corrected chi connectivity index (χ3v) is 3.70. The van der Waals surface area contributed by atoms with Crippen LogP contribution in [0.15, 0.2) is 27.8 Å². The molecule has 5 nitrogen and oxygen atoms in total. The van der Waals surface area contributed by atoms with E-state index in [-0.39, 0.29) is 24.0 Å². The van der Waals surface area contributed by atoms with E-state index in [1.807, 2.05) is 0 Å². The molecule has 0 saturated heterocycles. The molecule has 20 heavy (non-hydrogen) atoms. The van der Waals surface area contributed by atoms with Crippen molar-refractivity contribution in [1.82, 2.24) is 10.6 Å². The average Bonchev–Trinajstić information content (AvgIpc) is 2.80. The summed E-state index contributed by atoms with van der Waals surface area (Å²) in [4.78, 5) is 4.17. The Morgan fingerprint density at radius 1 is 1.60 bits per heavy atom. The zero-order valence-corrected chi connectivity index (χ0v) is 14.8. The molecular formula is C14H24IN3O2. The number of hydrogen-bond acceptors (Lipinski definition) is 3. The largest absolute Gasteiger partial charge is 0.466 e. The highest BCUT2D eigenvalue weighted by Crippen LogP contribution is 2.44. The Kier molecular flexibility index (Phi) is 5.48. The lowest BCUT2D eigenvalue weighted by Gasteiger charge is -2.23. The Hall–Kier alpha value is -0.760. The Morgan fingerprint density at radius 3 is 2.70 bits per heavy atom. The summed E-state index contributed by atoms with van der Waals surface area (Å²) < 4.78 is 5.24. The van der Waals surface area contributed by atoms with E-state index in [2.05, 4.69) is 29.5 Å². The predicted molar refractivity (Wildman–Crippen MR) is 90.4 cm³/mol. The highest BCUT2D eigenvalue weighted by molar-refractivity contribution is 14.0. The van der Waals surface area contributed by atoms with Crippen molar-refractivity contribution in [2.45, 2.75) is 38.8 Å². The summed E-state index contributed by atoms with van der Waals surface area (Å²) in [7, 11) is 1.73. The lowest BCUT2D eigenvalue weighted by atomic mass is 10.0. The van der Waals surface area contributed by atoms with E-state index >= 15 is 0 Å². The van der Waals surface area contributed by atoms with Gasteiger partial charge in [0, 0.05) is 13.1 Å². The van der Waals surface area contributed by atoms with Gasteiger partial charge in [-0.2, -0.15) is 0 Å². The number of nitrogens with one attached hydrogen (secondary N) is 2. The first-order valence-corrected chi connectivity index (χ1v) is 6.59. The molecule has 1 fully saturated rings. The maximum atomic E-state index is 10.3. The third kappa shape index (κ3) is 4.12. The number of guanidine groups is 1. The molecule has 0 aliphatic heterocycles. The van der Waals surface area contributed by atoms with E-state index in [0.717, 1.165) is 6.42 Å². The molecule has 2 atom stereocenters. The zero-order valence-electron chi connectivity index (χ0n) is 12.4. The number of nitrogens with zero attached hydrogens (tertiary/aromatic N) is 1. The van der Waals surface area contributed by atoms with Crippen molar-refractivity contribution in [1.29, 1.82) is 0 Å². The van der Waals surface area contributed by atoms with Crippen LogP contribution in [0.25, 0.3) is 0 Å². The molecule has 0 radical (unpaired) electrons. The van der Waals surface area contributed by atoms with Crippen LogP contribution in [0.4, 0.5) is 0 Å². The van der Waals surface area contributed by atoms with Gasteiger partial charge in [0.05, 0.1) is 12.8 Å². The molecule has 114 valence electrons. The summed E-state index contributed by atoms with van der Waals surface area (Å²) in [6.45, 7) is 6.49. The molecule has 1 aliphatic carbocycles. The van der Waals surface area contributed by atoms with Crippen molar-refractivity contribution in [3.8, 4) is 0 Å². The highest BCUT2D eigenvalue weighted by Gasteiger charge is 2.46. The molecule has 1 heterocycles. The van der Waals surface area contributed by atoms with Gasteiger partial charge in [-0.25, -0.2) is 0 Å². The highest BCUT2D eigenvalue weighted by atomic mass is 127. The minimum atomic E-state index is -1.06. The van der Waals surface area contributed by atoms with Crippen LogP contribution in [0.1, 0.15) is 33.0 Å². The Labute approximate surface area is 137 Å².